The predicted molar refractivity (Wildman–Crippen MR) is 554 cm³/mol. The van der Waals surface area contributed by atoms with Gasteiger partial charge in [-0.1, -0.05) is 205 Å². The van der Waals surface area contributed by atoms with Crippen molar-refractivity contribution in [1.82, 2.24) is 168 Å². The highest BCUT2D eigenvalue weighted by Gasteiger charge is 2.30. The smallest absolute Gasteiger partial charge is 0.212 e. The van der Waals surface area contributed by atoms with Gasteiger partial charge in [0.1, 0.15) is 100 Å². The molecule has 0 saturated heterocycles. The minimum Gasteiger partial charge on any atom is -0.383 e. The summed E-state index contributed by atoms with van der Waals surface area (Å²) < 4.78 is 24.6. The molecule has 42 nitrogen and oxygen atoms in total. The summed E-state index contributed by atoms with van der Waals surface area (Å²) in [5, 5.41) is 63.8. The van der Waals surface area contributed by atoms with Crippen LogP contribution >= 0.6 is 58.0 Å². The summed E-state index contributed by atoms with van der Waals surface area (Å²) in [7, 11) is 0. The predicted octanol–water partition coefficient (Wildman–Crippen LogP) is 18.9. The van der Waals surface area contributed by atoms with Crippen molar-refractivity contribution in [2.24, 2.45) is 0 Å². The Morgan fingerprint density at radius 1 is 0.418 bits per heavy atom. The molecule has 0 aliphatic heterocycles. The van der Waals surface area contributed by atoms with Crippen molar-refractivity contribution >= 4 is 160 Å². The summed E-state index contributed by atoms with van der Waals surface area (Å²) in [6.45, 7) is 10.2. The van der Waals surface area contributed by atoms with Crippen LogP contribution in [0.5, 0.6) is 0 Å². The summed E-state index contributed by atoms with van der Waals surface area (Å²) in [4.78, 5) is 78.5. The number of aromatic nitrogens is 34. The molecule has 0 fully saturated rings. The van der Waals surface area contributed by atoms with Gasteiger partial charge in [0.2, 0.25) is 5.82 Å². The molecule has 0 bridgehead atoms. The number of nitrogen functional groups attached to an aromatic ring is 3. The van der Waals surface area contributed by atoms with Crippen LogP contribution in [0.4, 0.5) is 45.1 Å². The Morgan fingerprint density at radius 3 is 1.36 bits per heavy atom. The number of anilines is 7. The molecule has 5 aromatic carbocycles. The van der Waals surface area contributed by atoms with Gasteiger partial charge in [-0.2, -0.15) is 36.0 Å². The van der Waals surface area contributed by atoms with Crippen LogP contribution in [0.15, 0.2) is 263 Å². The Kier molecular flexibility index (Phi) is 27.3. The standard InChI is InChI=1S/C20H16ClFN8.C20H17ClN8.C20H16ClN7.C19H16ClN11.C19H15ClN8/c1-2-15(28-20-13(8-23)19(24)26-10-27-20)12-7-17-25-9-16(21)30(17)29-18(12)11-5-3-4-6-14(11)22;1-2-14(27-20-18-19(24-10-23-18)25-11-26-20)13-8-16-22-9-15(21)29(16)28-17(13)12-6-4-3-5-7-12;1-12(26-20-14-7-8-22-19(14)24-11-25-20)15-9-17-23-10-16(21)28(17)27-18(15)13-5-3-2-4-6-13;1-10(25-18-15(17(21)23-9-24-18)19-26-29-30-27-19)12-7-14-22-8-13(20)31(14)28-16(12)11-5-3-2-4-6-11;1-11(27-10-25-17-18(21)23-9-24-19(17)27)13-7-15-22-8-14(20)28(15)26-16(13)12-5-3-2-4-6-12/h3-7,9-10,15H,2H2,1H3,(H3,24,26,27,28);3-11,14H,2H2,1H3,(H2,23,24,25,26,27);2-12H,1H3,(H2,22,24,25,26);2-10H,1H3,(H3,21,23,24,25)(H,26,27,29,30);2-11H,1H3,(H2,21,23,24)/t;14-;12-;10-;11-/m.0000/s1. The lowest BCUT2D eigenvalue weighted by molar-refractivity contribution is 0.629. The van der Waals surface area contributed by atoms with Crippen LogP contribution in [-0.4, -0.2) is 168 Å². The first-order valence-corrected chi connectivity index (χ1v) is 47.1. The summed E-state index contributed by atoms with van der Waals surface area (Å²) in [6, 6.07) is 59.1. The normalized spacial score (nSPS) is 12.3. The fourth-order valence-corrected chi connectivity index (χ4v) is 17.5. The lowest BCUT2D eigenvalue weighted by atomic mass is 9.98. The summed E-state index contributed by atoms with van der Waals surface area (Å²) in [5.41, 5.74) is 37.5. The number of halogens is 6. The van der Waals surface area contributed by atoms with E-state index >= 15 is 0 Å². The number of aromatic amines is 3. The molecule has 0 amide bonds. The molecule has 0 aliphatic rings. The maximum atomic E-state index is 14.6. The number of benzene rings is 5. The van der Waals surface area contributed by atoms with E-state index in [1.807, 2.05) is 182 Å². The molecule has 0 aliphatic carbocycles. The third-order valence-electron chi connectivity index (χ3n) is 23.8. The van der Waals surface area contributed by atoms with Gasteiger partial charge in [-0.15, -0.1) is 10.2 Å². The third kappa shape index (κ3) is 19.3. The molecule has 19 aromatic heterocycles. The average molecular weight is 2040 g/mol. The second kappa shape index (κ2) is 41.8. The Hall–Kier alpha value is -18.4. The van der Waals surface area contributed by atoms with E-state index in [0.717, 1.165) is 96.1 Å². The molecular weight excluding hydrogens is 1960 g/mol. The molecule has 5 atom stereocenters. The molecule has 48 heteroatoms. The van der Waals surface area contributed by atoms with Gasteiger partial charge >= 0.3 is 0 Å². The van der Waals surface area contributed by atoms with Gasteiger partial charge in [0.25, 0.3) is 0 Å². The SMILES string of the molecule is CCC(Nc1ncnc(N)c1C#N)c1cc2ncc(Cl)n2nc1-c1ccccc1F.CC[C@H](Nc1ncnc2nc[nH]c12)c1cc2ncc(Cl)n2nc1-c1ccccc1.C[C@@H](c1cc2ncc(Cl)n2nc1-c1ccccc1)n1cnc2c(N)ncnc21.C[C@H](Nc1ncnc(N)c1-c1nn[nH]n1)c1cc2ncc(Cl)n2nc1-c1ccccc1.C[C@H](Nc1ncnc2[nH]ccc12)c1cc2ncc(Cl)n2nc1-c1ccccc1. The van der Waals surface area contributed by atoms with Gasteiger partial charge < -0.3 is 53.0 Å². The number of nitrogens with two attached hydrogens (primary N) is 3. The van der Waals surface area contributed by atoms with Crippen LogP contribution in [0.25, 0.3) is 129 Å². The van der Waals surface area contributed by atoms with Crippen molar-refractivity contribution in [3.05, 3.63) is 328 Å². The quantitative estimate of drug-likeness (QED) is 0.0301. The number of nitrogens with one attached hydrogen (secondary N) is 7. The van der Waals surface area contributed by atoms with E-state index in [-0.39, 0.29) is 53.2 Å². The second-order valence-corrected chi connectivity index (χ2v) is 34.7. The first-order valence-electron chi connectivity index (χ1n) is 45.2. The highest BCUT2D eigenvalue weighted by atomic mass is 35.5. The lowest BCUT2D eigenvalue weighted by Gasteiger charge is -2.21. The maximum absolute atomic E-state index is 14.6. The molecule has 0 spiro atoms. The highest BCUT2D eigenvalue weighted by Crippen LogP contribution is 2.41. The van der Waals surface area contributed by atoms with E-state index in [0.29, 0.717) is 123 Å². The van der Waals surface area contributed by atoms with Crippen LogP contribution in [0.2, 0.25) is 25.8 Å². The molecule has 724 valence electrons. The van der Waals surface area contributed by atoms with Gasteiger partial charge in [0, 0.05) is 61.8 Å². The largest absolute Gasteiger partial charge is 0.383 e. The van der Waals surface area contributed by atoms with Crippen LogP contribution in [0.1, 0.15) is 111 Å². The van der Waals surface area contributed by atoms with Crippen LogP contribution in [-0.2, 0) is 0 Å². The van der Waals surface area contributed by atoms with Crippen LogP contribution in [0.3, 0.4) is 0 Å². The maximum Gasteiger partial charge on any atom is 0.212 e. The Balaban J connectivity index is 0.000000111. The van der Waals surface area contributed by atoms with E-state index in [9.17, 15) is 9.65 Å². The zero-order chi connectivity index (χ0) is 101. The third-order valence-corrected chi connectivity index (χ3v) is 25.1. The minimum absolute atomic E-state index is 0.0559. The molecule has 146 heavy (non-hydrogen) atoms. The van der Waals surface area contributed by atoms with Crippen molar-refractivity contribution in [3.8, 4) is 73.7 Å². The molecule has 24 aromatic rings. The van der Waals surface area contributed by atoms with Crippen LogP contribution < -0.4 is 38.5 Å². The second-order valence-electron chi connectivity index (χ2n) is 32.7. The fourth-order valence-electron chi connectivity index (χ4n) is 16.6. The lowest BCUT2D eigenvalue weighted by Crippen LogP contribution is -2.16. The summed E-state index contributed by atoms with van der Waals surface area (Å²) >= 11 is 31.2. The van der Waals surface area contributed by atoms with Gasteiger partial charge in [0.05, 0.1) is 108 Å². The average Bonchev–Trinajstić information content (AvgIpc) is 1.60. The molecule has 24 rings (SSSR count). The topological polar surface area (TPSA) is 547 Å². The van der Waals surface area contributed by atoms with E-state index in [1.165, 1.54) is 42.1 Å². The Bertz CT molecular complexity index is 8880. The van der Waals surface area contributed by atoms with Gasteiger partial charge in [-0.25, -0.2) is 112 Å². The Labute approximate surface area is 850 Å². The zero-order valence-corrected chi connectivity index (χ0v) is 81.2. The molecule has 19 heterocycles. The number of hydrogen-bond donors (Lipinski definition) is 10. The number of tetrazole rings is 1. The summed E-state index contributed by atoms with van der Waals surface area (Å²) in [6.07, 6.45) is 21.6. The number of rotatable bonds is 22. The van der Waals surface area contributed by atoms with Crippen molar-refractivity contribution in [1.29, 1.82) is 5.26 Å². The molecule has 0 radical (unpaired) electrons. The number of nitriles is 1. The summed E-state index contributed by atoms with van der Waals surface area (Å²) in [5.74, 6) is 2.77. The number of fused-ring (bicyclic) bond motifs is 8. The zero-order valence-electron chi connectivity index (χ0n) is 77.4. The number of imidazole rings is 7. The van der Waals surface area contributed by atoms with Crippen molar-refractivity contribution in [3.63, 3.8) is 0 Å². The van der Waals surface area contributed by atoms with E-state index in [2.05, 4.69) is 162 Å². The molecule has 13 N–H and O–H groups in total. The Morgan fingerprint density at radius 2 is 0.842 bits per heavy atom. The van der Waals surface area contributed by atoms with Gasteiger partial charge in [0.15, 0.2) is 76.9 Å². The molecular formula is C98H80Cl5FN42. The van der Waals surface area contributed by atoms with Crippen molar-refractivity contribution in [2.45, 2.75) is 77.7 Å². The number of nitrogens with zero attached hydrogens (tertiary/aromatic N) is 32. The first kappa shape index (κ1) is 95.2. The fraction of sp³-hybridized carbons (Fsp3) is 0.122. The van der Waals surface area contributed by atoms with Crippen molar-refractivity contribution < 1.29 is 4.39 Å². The molecule has 0 saturated carbocycles. The van der Waals surface area contributed by atoms with Gasteiger partial charge in [-0.05, 0) is 87.4 Å². The first-order chi connectivity index (χ1) is 71.2. The highest BCUT2D eigenvalue weighted by molar-refractivity contribution is 6.31. The van der Waals surface area contributed by atoms with Crippen LogP contribution in [0, 0.1) is 17.1 Å². The molecule has 1 unspecified atom stereocenters. The monoisotopic (exact) mass is 2040 g/mol. The van der Waals surface area contributed by atoms with E-state index < -0.39 is 5.82 Å². The van der Waals surface area contributed by atoms with E-state index in [1.54, 1.807) is 86.1 Å². The van der Waals surface area contributed by atoms with Crippen molar-refractivity contribution in [2.75, 3.05) is 38.5 Å². The van der Waals surface area contributed by atoms with Gasteiger partial charge in [-0.3, -0.25) is 0 Å². The van der Waals surface area contributed by atoms with E-state index in [4.69, 9.17) is 95.6 Å². The number of hydrogen-bond acceptors (Lipinski definition) is 33. The number of H-pyrrole nitrogens is 3. The minimum atomic E-state index is -0.416.